The third-order valence-corrected chi connectivity index (χ3v) is 3.02. The molecule has 0 heterocycles. The highest BCUT2D eigenvalue weighted by atomic mass is 16.1. The van der Waals surface area contributed by atoms with Crippen LogP contribution in [0.4, 0.5) is 5.69 Å². The van der Waals surface area contributed by atoms with Crippen molar-refractivity contribution in [1.82, 2.24) is 0 Å². The molecule has 0 aromatic heterocycles. The van der Waals surface area contributed by atoms with E-state index in [1.807, 2.05) is 18.2 Å². The van der Waals surface area contributed by atoms with Gasteiger partial charge in [-0.3, -0.25) is 4.79 Å². The third kappa shape index (κ3) is 4.19. The Morgan fingerprint density at radius 2 is 1.43 bits per heavy atom. The van der Waals surface area contributed by atoms with Crippen molar-refractivity contribution < 1.29 is 4.79 Å². The molecule has 1 amide bonds. The van der Waals surface area contributed by atoms with Gasteiger partial charge >= 0.3 is 0 Å². The molecule has 0 bridgehead atoms. The normalized spacial score (nSPS) is 9.43. The van der Waals surface area contributed by atoms with Crippen molar-refractivity contribution in [3.8, 4) is 12.1 Å². The Kier molecular flexibility index (Phi) is 4.69. The van der Waals surface area contributed by atoms with E-state index in [1.54, 1.807) is 36.4 Å². The van der Waals surface area contributed by atoms with Crippen LogP contribution in [0.15, 0.2) is 48.5 Å². The predicted octanol–water partition coefficient (Wildman–Crippen LogP) is 3.00. The number of nitriles is 2. The second-order valence-corrected chi connectivity index (χ2v) is 4.55. The van der Waals surface area contributed by atoms with Crippen LogP contribution >= 0.6 is 0 Å². The van der Waals surface area contributed by atoms with Crippen LogP contribution in [0.25, 0.3) is 0 Å². The Bertz CT molecular complexity index is 704. The van der Waals surface area contributed by atoms with Gasteiger partial charge in [-0.2, -0.15) is 10.5 Å². The van der Waals surface area contributed by atoms with Crippen LogP contribution in [0, 0.1) is 22.7 Å². The molecule has 0 saturated heterocycles. The molecule has 2 aromatic rings. The van der Waals surface area contributed by atoms with Gasteiger partial charge in [0.1, 0.15) is 0 Å². The Labute approximate surface area is 123 Å². The first-order valence-corrected chi connectivity index (χ1v) is 6.50. The molecule has 4 nitrogen and oxygen atoms in total. The van der Waals surface area contributed by atoms with Crippen LogP contribution in [0.2, 0.25) is 0 Å². The summed E-state index contributed by atoms with van der Waals surface area (Å²) >= 11 is 0. The fourth-order valence-electron chi connectivity index (χ4n) is 1.86. The zero-order chi connectivity index (χ0) is 15.1. The molecule has 0 radical (unpaired) electrons. The number of aryl methyl sites for hydroxylation is 1. The highest BCUT2D eigenvalue weighted by Gasteiger charge is 2.03. The second-order valence-electron chi connectivity index (χ2n) is 4.55. The molecule has 2 rings (SSSR count). The average Bonchev–Trinajstić information content (AvgIpc) is 2.54. The minimum absolute atomic E-state index is 0.0796. The van der Waals surface area contributed by atoms with Crippen molar-refractivity contribution in [2.45, 2.75) is 12.8 Å². The number of amides is 1. The fraction of sp³-hybridized carbons (Fsp3) is 0.118. The fourth-order valence-corrected chi connectivity index (χ4v) is 1.86. The summed E-state index contributed by atoms with van der Waals surface area (Å²) in [6, 6.07) is 18.0. The minimum atomic E-state index is -0.0796. The summed E-state index contributed by atoms with van der Waals surface area (Å²) in [7, 11) is 0. The van der Waals surface area contributed by atoms with Crippen molar-refractivity contribution >= 4 is 11.6 Å². The number of anilines is 1. The van der Waals surface area contributed by atoms with Gasteiger partial charge in [0, 0.05) is 12.1 Å². The first kappa shape index (κ1) is 14.3. The van der Waals surface area contributed by atoms with Gasteiger partial charge in [0.15, 0.2) is 0 Å². The number of hydrogen-bond acceptors (Lipinski definition) is 3. The van der Waals surface area contributed by atoms with Crippen LogP contribution in [0.1, 0.15) is 23.1 Å². The predicted molar refractivity (Wildman–Crippen MR) is 79.3 cm³/mol. The molecule has 0 spiro atoms. The lowest BCUT2D eigenvalue weighted by Crippen LogP contribution is -2.12. The number of carbonyl (C=O) groups is 1. The molecule has 0 fully saturated rings. The Hall–Kier alpha value is -3.11. The first-order chi connectivity index (χ1) is 10.2. The van der Waals surface area contributed by atoms with Gasteiger partial charge in [0.25, 0.3) is 0 Å². The van der Waals surface area contributed by atoms with E-state index in [0.29, 0.717) is 29.7 Å². The van der Waals surface area contributed by atoms with Gasteiger partial charge in [-0.15, -0.1) is 0 Å². The number of nitrogens with zero attached hydrogens (tertiary/aromatic N) is 2. The Morgan fingerprint density at radius 1 is 0.905 bits per heavy atom. The largest absolute Gasteiger partial charge is 0.326 e. The maximum atomic E-state index is 11.8. The van der Waals surface area contributed by atoms with Crippen LogP contribution in [0.5, 0.6) is 0 Å². The maximum absolute atomic E-state index is 11.8. The molecule has 102 valence electrons. The van der Waals surface area contributed by atoms with E-state index in [4.69, 9.17) is 10.5 Å². The molecule has 0 unspecified atom stereocenters. The Morgan fingerprint density at radius 3 is 1.95 bits per heavy atom. The highest BCUT2D eigenvalue weighted by Crippen LogP contribution is 2.10. The van der Waals surface area contributed by atoms with Crippen molar-refractivity contribution in [2.75, 3.05) is 5.32 Å². The summed E-state index contributed by atoms with van der Waals surface area (Å²) < 4.78 is 0. The van der Waals surface area contributed by atoms with Gasteiger partial charge < -0.3 is 5.32 Å². The molecule has 0 atom stereocenters. The highest BCUT2D eigenvalue weighted by molar-refractivity contribution is 5.90. The second kappa shape index (κ2) is 6.88. The molecule has 0 aliphatic rings. The van der Waals surface area contributed by atoms with E-state index in [-0.39, 0.29) is 5.91 Å². The minimum Gasteiger partial charge on any atom is -0.326 e. The molecule has 0 aliphatic heterocycles. The van der Waals surface area contributed by atoms with Crippen LogP contribution < -0.4 is 5.32 Å². The third-order valence-electron chi connectivity index (χ3n) is 3.02. The van der Waals surface area contributed by atoms with E-state index in [9.17, 15) is 4.79 Å². The lowest BCUT2D eigenvalue weighted by Gasteiger charge is -2.05. The summed E-state index contributed by atoms with van der Waals surface area (Å²) in [5.74, 6) is -0.0796. The molecule has 2 aromatic carbocycles. The van der Waals surface area contributed by atoms with Crippen molar-refractivity contribution in [3.63, 3.8) is 0 Å². The van der Waals surface area contributed by atoms with E-state index >= 15 is 0 Å². The van der Waals surface area contributed by atoms with E-state index in [2.05, 4.69) is 11.4 Å². The van der Waals surface area contributed by atoms with Gasteiger partial charge in [-0.25, -0.2) is 0 Å². The Balaban J connectivity index is 1.86. The lowest BCUT2D eigenvalue weighted by atomic mass is 10.1. The summed E-state index contributed by atoms with van der Waals surface area (Å²) in [6.07, 6.45) is 0.986. The van der Waals surface area contributed by atoms with Crippen LogP contribution in [0.3, 0.4) is 0 Å². The summed E-state index contributed by atoms with van der Waals surface area (Å²) in [6.45, 7) is 0. The van der Waals surface area contributed by atoms with E-state index < -0.39 is 0 Å². The SMILES string of the molecule is N#Cc1ccc(CCC(=O)Nc2ccc(C#N)cc2)cc1. The van der Waals surface area contributed by atoms with Crippen molar-refractivity contribution in [3.05, 3.63) is 65.2 Å². The number of nitrogens with one attached hydrogen (secondary N) is 1. The monoisotopic (exact) mass is 275 g/mol. The van der Waals surface area contributed by atoms with Crippen molar-refractivity contribution in [2.24, 2.45) is 0 Å². The number of carbonyl (C=O) groups excluding carboxylic acids is 1. The number of benzene rings is 2. The molecule has 1 N–H and O–H groups in total. The van der Waals surface area contributed by atoms with E-state index in [1.165, 1.54) is 0 Å². The van der Waals surface area contributed by atoms with Gasteiger partial charge in [-0.05, 0) is 48.4 Å². The smallest absolute Gasteiger partial charge is 0.224 e. The topological polar surface area (TPSA) is 76.7 Å². The van der Waals surface area contributed by atoms with Gasteiger partial charge in [0.2, 0.25) is 5.91 Å². The lowest BCUT2D eigenvalue weighted by molar-refractivity contribution is -0.116. The average molecular weight is 275 g/mol. The van der Waals surface area contributed by atoms with Crippen LogP contribution in [-0.4, -0.2) is 5.91 Å². The molecule has 21 heavy (non-hydrogen) atoms. The standard InChI is InChI=1S/C17H13N3O/c18-11-14-3-1-13(2-4-14)7-10-17(21)20-16-8-5-15(12-19)6-9-16/h1-6,8-9H,7,10H2,(H,20,21). The number of rotatable bonds is 4. The van der Waals surface area contributed by atoms with Crippen LogP contribution in [-0.2, 0) is 11.2 Å². The zero-order valence-electron chi connectivity index (χ0n) is 11.3. The first-order valence-electron chi connectivity index (χ1n) is 6.50. The summed E-state index contributed by atoms with van der Waals surface area (Å²) in [5.41, 5.74) is 2.87. The summed E-state index contributed by atoms with van der Waals surface area (Å²) in [4.78, 5) is 11.8. The van der Waals surface area contributed by atoms with E-state index in [0.717, 1.165) is 5.56 Å². The molecule has 0 saturated carbocycles. The maximum Gasteiger partial charge on any atom is 0.224 e. The molecule has 0 aliphatic carbocycles. The quantitative estimate of drug-likeness (QED) is 0.931. The zero-order valence-corrected chi connectivity index (χ0v) is 11.3. The van der Waals surface area contributed by atoms with Gasteiger partial charge in [0.05, 0.1) is 23.3 Å². The number of hydrogen-bond donors (Lipinski definition) is 1. The van der Waals surface area contributed by atoms with Gasteiger partial charge in [-0.1, -0.05) is 12.1 Å². The summed E-state index contributed by atoms with van der Waals surface area (Å²) in [5, 5.41) is 20.2. The van der Waals surface area contributed by atoms with Crippen molar-refractivity contribution in [1.29, 1.82) is 10.5 Å². The molecular weight excluding hydrogens is 262 g/mol. The molecule has 4 heteroatoms. The molecular formula is C17H13N3O.